The monoisotopic (exact) mass is 265 g/mol. The Morgan fingerprint density at radius 1 is 1.44 bits per heavy atom. The fraction of sp³-hybridized carbons (Fsp3) is 0.571. The molecule has 0 aliphatic carbocycles. The van der Waals surface area contributed by atoms with E-state index in [1.807, 2.05) is 42.1 Å². The van der Waals surface area contributed by atoms with Crippen molar-refractivity contribution >= 4 is 11.8 Å². The van der Waals surface area contributed by atoms with Crippen LogP contribution in [0, 0.1) is 0 Å². The van der Waals surface area contributed by atoms with Gasteiger partial charge in [-0.3, -0.25) is 4.90 Å². The first-order chi connectivity index (χ1) is 8.82. The molecule has 18 heavy (non-hydrogen) atoms. The van der Waals surface area contributed by atoms with E-state index < -0.39 is 0 Å². The SMILES string of the molecule is CCC12OC(COc3ccccc3)CN1CCS2. The fourth-order valence-corrected chi connectivity index (χ4v) is 4.05. The van der Waals surface area contributed by atoms with Crippen molar-refractivity contribution in [2.24, 2.45) is 0 Å². The minimum absolute atomic E-state index is 0.0648. The average molecular weight is 265 g/mol. The van der Waals surface area contributed by atoms with Gasteiger partial charge in [-0.05, 0) is 18.6 Å². The lowest BCUT2D eigenvalue weighted by Crippen LogP contribution is -2.36. The lowest BCUT2D eigenvalue weighted by atomic mass is 10.3. The summed E-state index contributed by atoms with van der Waals surface area (Å²) in [4.78, 5) is 2.46. The summed E-state index contributed by atoms with van der Waals surface area (Å²) in [5.74, 6) is 2.10. The van der Waals surface area contributed by atoms with Gasteiger partial charge in [-0.1, -0.05) is 25.1 Å². The van der Waals surface area contributed by atoms with Gasteiger partial charge in [0.15, 0.2) is 5.06 Å². The molecule has 2 fully saturated rings. The van der Waals surface area contributed by atoms with E-state index in [9.17, 15) is 0 Å². The number of thioether (sulfide) groups is 1. The second-order valence-electron chi connectivity index (χ2n) is 4.72. The topological polar surface area (TPSA) is 21.7 Å². The summed E-state index contributed by atoms with van der Waals surface area (Å²) in [7, 11) is 0. The molecule has 0 saturated carbocycles. The quantitative estimate of drug-likeness (QED) is 0.834. The number of para-hydroxylation sites is 1. The molecule has 0 N–H and O–H groups in total. The largest absolute Gasteiger partial charge is 0.491 e. The number of rotatable bonds is 4. The van der Waals surface area contributed by atoms with Gasteiger partial charge < -0.3 is 9.47 Å². The van der Waals surface area contributed by atoms with Crippen molar-refractivity contribution in [3.8, 4) is 5.75 Å². The lowest BCUT2D eigenvalue weighted by Gasteiger charge is -2.27. The van der Waals surface area contributed by atoms with Crippen LogP contribution >= 0.6 is 11.8 Å². The van der Waals surface area contributed by atoms with Crippen LogP contribution < -0.4 is 4.74 Å². The molecule has 3 rings (SSSR count). The smallest absolute Gasteiger partial charge is 0.170 e. The molecular formula is C14H19NO2S. The number of hydrogen-bond donors (Lipinski definition) is 0. The normalized spacial score (nSPS) is 31.5. The Balaban J connectivity index is 1.57. The molecule has 0 radical (unpaired) electrons. The van der Waals surface area contributed by atoms with Gasteiger partial charge in [0, 0.05) is 18.8 Å². The molecule has 1 aromatic rings. The third-order valence-corrected chi connectivity index (χ3v) is 5.05. The van der Waals surface area contributed by atoms with Gasteiger partial charge in [-0.2, -0.15) is 0 Å². The Hall–Kier alpha value is -0.710. The molecule has 98 valence electrons. The molecule has 4 heteroatoms. The van der Waals surface area contributed by atoms with E-state index in [1.165, 1.54) is 5.75 Å². The number of ether oxygens (including phenoxy) is 2. The predicted octanol–water partition coefficient (Wildman–Crippen LogP) is 2.58. The zero-order chi connectivity index (χ0) is 12.4. The summed E-state index contributed by atoms with van der Waals surface area (Å²) < 4.78 is 12.0. The van der Waals surface area contributed by atoms with Gasteiger partial charge in [0.2, 0.25) is 0 Å². The number of benzene rings is 1. The highest BCUT2D eigenvalue weighted by Crippen LogP contribution is 2.44. The zero-order valence-corrected chi connectivity index (χ0v) is 11.5. The molecule has 2 saturated heterocycles. The molecule has 0 bridgehead atoms. The molecule has 2 aliphatic heterocycles. The van der Waals surface area contributed by atoms with E-state index in [0.29, 0.717) is 6.61 Å². The van der Waals surface area contributed by atoms with Crippen LogP contribution in [0.4, 0.5) is 0 Å². The number of fused-ring (bicyclic) bond motifs is 1. The van der Waals surface area contributed by atoms with E-state index in [-0.39, 0.29) is 11.2 Å². The Kier molecular flexibility index (Phi) is 3.50. The van der Waals surface area contributed by atoms with Crippen molar-refractivity contribution in [2.75, 3.05) is 25.4 Å². The maximum absolute atomic E-state index is 6.21. The van der Waals surface area contributed by atoms with Crippen molar-refractivity contribution in [3.05, 3.63) is 30.3 Å². The van der Waals surface area contributed by atoms with Gasteiger partial charge in [0.1, 0.15) is 18.5 Å². The summed E-state index contributed by atoms with van der Waals surface area (Å²) in [6.07, 6.45) is 1.23. The highest BCUT2D eigenvalue weighted by atomic mass is 32.2. The molecule has 2 heterocycles. The second kappa shape index (κ2) is 5.11. The maximum Gasteiger partial charge on any atom is 0.170 e. The van der Waals surface area contributed by atoms with Crippen LogP contribution in [0.3, 0.4) is 0 Å². The highest BCUT2D eigenvalue weighted by molar-refractivity contribution is 8.00. The Labute approximate surface area is 112 Å². The lowest BCUT2D eigenvalue weighted by molar-refractivity contribution is -0.0357. The molecule has 1 aromatic carbocycles. The average Bonchev–Trinajstić information content (AvgIpc) is 2.94. The zero-order valence-electron chi connectivity index (χ0n) is 10.7. The van der Waals surface area contributed by atoms with Crippen molar-refractivity contribution in [3.63, 3.8) is 0 Å². The van der Waals surface area contributed by atoms with Gasteiger partial charge in [-0.25, -0.2) is 0 Å². The summed E-state index contributed by atoms with van der Waals surface area (Å²) in [5, 5.41) is -0.0648. The summed E-state index contributed by atoms with van der Waals surface area (Å²) in [5.41, 5.74) is 0. The molecule has 0 amide bonds. The summed E-state index contributed by atoms with van der Waals surface area (Å²) in [6, 6.07) is 9.96. The van der Waals surface area contributed by atoms with Crippen LogP contribution in [0.15, 0.2) is 30.3 Å². The van der Waals surface area contributed by atoms with Crippen LogP contribution in [0.2, 0.25) is 0 Å². The molecule has 0 spiro atoms. The standard InChI is InChI=1S/C14H19NO2S/c1-2-14-15(8-9-18-14)10-13(17-14)11-16-12-6-4-3-5-7-12/h3-7,13H,2,8-11H2,1H3. The first-order valence-corrected chi connectivity index (χ1v) is 7.55. The van der Waals surface area contributed by atoms with Crippen LogP contribution in [-0.4, -0.2) is 41.5 Å². The van der Waals surface area contributed by atoms with E-state index in [1.54, 1.807) is 0 Å². The number of nitrogens with zero attached hydrogens (tertiary/aromatic N) is 1. The predicted molar refractivity (Wildman–Crippen MR) is 73.9 cm³/mol. The molecule has 0 aromatic heterocycles. The fourth-order valence-electron chi connectivity index (χ4n) is 2.66. The summed E-state index contributed by atoms with van der Waals surface area (Å²) >= 11 is 1.93. The third-order valence-electron chi connectivity index (χ3n) is 3.57. The van der Waals surface area contributed by atoms with Crippen LogP contribution in [0.25, 0.3) is 0 Å². The molecule has 2 aliphatic rings. The van der Waals surface area contributed by atoms with Gasteiger partial charge >= 0.3 is 0 Å². The van der Waals surface area contributed by atoms with Gasteiger partial charge in [-0.15, -0.1) is 11.8 Å². The van der Waals surface area contributed by atoms with E-state index in [0.717, 1.165) is 25.3 Å². The van der Waals surface area contributed by atoms with Gasteiger partial charge in [0.25, 0.3) is 0 Å². The molecule has 2 unspecified atom stereocenters. The molecular weight excluding hydrogens is 246 g/mol. The Morgan fingerprint density at radius 2 is 2.28 bits per heavy atom. The number of hydrogen-bond acceptors (Lipinski definition) is 4. The molecule has 3 nitrogen and oxygen atoms in total. The van der Waals surface area contributed by atoms with E-state index in [4.69, 9.17) is 9.47 Å². The highest BCUT2D eigenvalue weighted by Gasteiger charge is 2.49. The van der Waals surface area contributed by atoms with E-state index >= 15 is 0 Å². The van der Waals surface area contributed by atoms with Crippen molar-refractivity contribution < 1.29 is 9.47 Å². The maximum atomic E-state index is 6.21. The van der Waals surface area contributed by atoms with Gasteiger partial charge in [0.05, 0.1) is 0 Å². The molecule has 2 atom stereocenters. The van der Waals surface area contributed by atoms with Crippen molar-refractivity contribution in [1.29, 1.82) is 0 Å². The van der Waals surface area contributed by atoms with E-state index in [2.05, 4.69) is 11.8 Å². The minimum atomic E-state index is -0.0648. The first kappa shape index (κ1) is 12.3. The summed E-state index contributed by atoms with van der Waals surface area (Å²) in [6.45, 7) is 4.97. The second-order valence-corrected chi connectivity index (χ2v) is 6.06. The van der Waals surface area contributed by atoms with Crippen LogP contribution in [-0.2, 0) is 4.74 Å². The van der Waals surface area contributed by atoms with Crippen molar-refractivity contribution in [2.45, 2.75) is 24.5 Å². The Bertz CT molecular complexity index is 400. The first-order valence-electron chi connectivity index (χ1n) is 6.57. The van der Waals surface area contributed by atoms with Crippen LogP contribution in [0.1, 0.15) is 13.3 Å². The minimum Gasteiger partial charge on any atom is -0.491 e. The Morgan fingerprint density at radius 3 is 3.00 bits per heavy atom. The van der Waals surface area contributed by atoms with Crippen LogP contribution in [0.5, 0.6) is 5.75 Å². The third kappa shape index (κ3) is 2.25. The van der Waals surface area contributed by atoms with Crippen molar-refractivity contribution in [1.82, 2.24) is 4.90 Å².